The largest absolute Gasteiger partial charge is 0.367 e. The summed E-state index contributed by atoms with van der Waals surface area (Å²) < 4.78 is 0. The predicted molar refractivity (Wildman–Crippen MR) is 80.2 cm³/mol. The summed E-state index contributed by atoms with van der Waals surface area (Å²) >= 11 is 0. The highest BCUT2D eigenvalue weighted by Crippen LogP contribution is 2.59. The van der Waals surface area contributed by atoms with Gasteiger partial charge in [-0.2, -0.15) is 5.26 Å². The van der Waals surface area contributed by atoms with Gasteiger partial charge in [0.15, 0.2) is 0 Å². The van der Waals surface area contributed by atoms with Gasteiger partial charge in [-0.25, -0.2) is 0 Å². The predicted octanol–water partition coefficient (Wildman–Crippen LogP) is 4.13. The van der Waals surface area contributed by atoms with E-state index in [1.165, 1.54) is 37.7 Å². The number of nitrogens with one attached hydrogen (secondary N) is 1. The molecule has 5 rings (SSSR count). The second-order valence-corrected chi connectivity index (χ2v) is 7.23. The van der Waals surface area contributed by atoms with Gasteiger partial charge in [-0.15, -0.1) is 0 Å². The van der Waals surface area contributed by atoms with Crippen molar-refractivity contribution in [2.24, 2.45) is 23.7 Å². The second kappa shape index (κ2) is 4.25. The molecule has 1 aromatic rings. The number of nitrogens with zero attached hydrogens (tertiary/aromatic N) is 1. The maximum Gasteiger partial charge on any atom is 0.131 e. The monoisotopic (exact) mass is 266 g/mol. The number of hydrogen-bond donors (Lipinski definition) is 1. The highest BCUT2D eigenvalue weighted by Gasteiger charge is 2.57. The van der Waals surface area contributed by atoms with Gasteiger partial charge in [0, 0.05) is 5.69 Å². The first-order chi connectivity index (χ1) is 9.71. The van der Waals surface area contributed by atoms with Crippen LogP contribution in [0.4, 0.5) is 5.69 Å². The average molecular weight is 266 g/mol. The van der Waals surface area contributed by atoms with Gasteiger partial charge in [0.05, 0.1) is 6.07 Å². The summed E-state index contributed by atoms with van der Waals surface area (Å²) in [6.45, 7) is 2.13. The quantitative estimate of drug-likeness (QED) is 0.873. The summed E-state index contributed by atoms with van der Waals surface area (Å²) in [7, 11) is 0. The van der Waals surface area contributed by atoms with Gasteiger partial charge in [0.25, 0.3) is 0 Å². The molecule has 4 fully saturated rings. The Morgan fingerprint density at radius 1 is 1.05 bits per heavy atom. The summed E-state index contributed by atoms with van der Waals surface area (Å²) in [5, 5.41) is 13.7. The Morgan fingerprint density at radius 2 is 1.65 bits per heavy atom. The van der Waals surface area contributed by atoms with E-state index in [4.69, 9.17) is 0 Å². The van der Waals surface area contributed by atoms with Crippen molar-refractivity contribution < 1.29 is 0 Å². The number of aryl methyl sites for hydroxylation is 1. The van der Waals surface area contributed by atoms with Gasteiger partial charge < -0.3 is 5.32 Å². The molecular weight excluding hydrogens is 244 g/mol. The summed E-state index contributed by atoms with van der Waals surface area (Å²) in [4.78, 5) is 0. The van der Waals surface area contributed by atoms with Crippen LogP contribution in [-0.4, -0.2) is 5.54 Å². The SMILES string of the molecule is Cc1ccccc1NC1(C#N)C2CC3CC(C2)CC1C3. The van der Waals surface area contributed by atoms with Crippen molar-refractivity contribution in [2.45, 2.75) is 44.6 Å². The zero-order valence-corrected chi connectivity index (χ0v) is 12.1. The Morgan fingerprint density at radius 3 is 2.20 bits per heavy atom. The molecule has 4 saturated carbocycles. The first-order valence-corrected chi connectivity index (χ1v) is 7.96. The molecule has 0 radical (unpaired) electrons. The third-order valence-corrected chi connectivity index (χ3v) is 6.10. The molecule has 0 aromatic heterocycles. The van der Waals surface area contributed by atoms with E-state index in [0.717, 1.165) is 17.5 Å². The molecule has 4 bridgehead atoms. The third kappa shape index (κ3) is 1.62. The number of benzene rings is 1. The minimum Gasteiger partial charge on any atom is -0.367 e. The molecule has 0 saturated heterocycles. The zero-order valence-electron chi connectivity index (χ0n) is 12.1. The van der Waals surface area contributed by atoms with Gasteiger partial charge in [0.2, 0.25) is 0 Å². The lowest BCUT2D eigenvalue weighted by atomic mass is 9.49. The van der Waals surface area contributed by atoms with Crippen molar-refractivity contribution >= 4 is 5.69 Å². The second-order valence-electron chi connectivity index (χ2n) is 7.23. The molecule has 0 aliphatic heterocycles. The molecule has 20 heavy (non-hydrogen) atoms. The fourth-order valence-corrected chi connectivity index (χ4v) is 5.28. The molecule has 1 aromatic carbocycles. The summed E-state index contributed by atoms with van der Waals surface area (Å²) in [5.41, 5.74) is 2.09. The van der Waals surface area contributed by atoms with Crippen molar-refractivity contribution in [1.82, 2.24) is 0 Å². The van der Waals surface area contributed by atoms with Crippen LogP contribution < -0.4 is 5.32 Å². The lowest BCUT2D eigenvalue weighted by molar-refractivity contribution is -0.0207. The molecule has 0 spiro atoms. The maximum absolute atomic E-state index is 9.99. The van der Waals surface area contributed by atoms with Gasteiger partial charge in [-0.3, -0.25) is 0 Å². The van der Waals surface area contributed by atoms with Gasteiger partial charge in [-0.1, -0.05) is 18.2 Å². The Balaban J connectivity index is 1.71. The van der Waals surface area contributed by atoms with Crippen molar-refractivity contribution in [3.8, 4) is 6.07 Å². The van der Waals surface area contributed by atoms with E-state index in [9.17, 15) is 5.26 Å². The van der Waals surface area contributed by atoms with E-state index in [0.29, 0.717) is 11.8 Å². The van der Waals surface area contributed by atoms with Crippen LogP contribution in [0.3, 0.4) is 0 Å². The lowest BCUT2D eigenvalue weighted by Crippen LogP contribution is -2.61. The van der Waals surface area contributed by atoms with E-state index in [-0.39, 0.29) is 5.54 Å². The van der Waals surface area contributed by atoms with E-state index < -0.39 is 0 Å². The zero-order chi connectivity index (χ0) is 13.7. The van der Waals surface area contributed by atoms with Crippen LogP contribution in [0.15, 0.2) is 24.3 Å². The van der Waals surface area contributed by atoms with Crippen molar-refractivity contribution in [2.75, 3.05) is 5.32 Å². The highest BCUT2D eigenvalue weighted by atomic mass is 15.0. The Bertz CT molecular complexity index is 541. The van der Waals surface area contributed by atoms with Gasteiger partial charge >= 0.3 is 0 Å². The maximum atomic E-state index is 9.99. The molecule has 0 unspecified atom stereocenters. The molecule has 2 nitrogen and oxygen atoms in total. The number of para-hydroxylation sites is 1. The Kier molecular flexibility index (Phi) is 2.61. The molecule has 1 N–H and O–H groups in total. The number of hydrogen-bond acceptors (Lipinski definition) is 2. The van der Waals surface area contributed by atoms with Crippen molar-refractivity contribution in [3.63, 3.8) is 0 Å². The normalized spacial score (nSPS) is 41.4. The molecule has 2 heteroatoms. The topological polar surface area (TPSA) is 35.8 Å². The van der Waals surface area contributed by atoms with Crippen LogP contribution >= 0.6 is 0 Å². The summed E-state index contributed by atoms with van der Waals surface area (Å²) in [6, 6.07) is 11.1. The molecule has 4 aliphatic carbocycles. The highest BCUT2D eigenvalue weighted by molar-refractivity contribution is 5.55. The lowest BCUT2D eigenvalue weighted by Gasteiger charge is -2.58. The molecule has 4 aliphatic rings. The van der Waals surface area contributed by atoms with Crippen LogP contribution in [0.1, 0.15) is 37.7 Å². The van der Waals surface area contributed by atoms with E-state index in [1.807, 2.05) is 0 Å². The minimum atomic E-state index is -0.306. The number of rotatable bonds is 2. The van der Waals surface area contributed by atoms with E-state index in [2.05, 4.69) is 42.6 Å². The standard InChI is InChI=1S/C18H22N2/c1-12-4-2-3-5-17(12)20-18(11-19)15-7-13-6-14(9-15)10-16(18)8-13/h2-5,13-16,20H,6-10H2,1H3. The average Bonchev–Trinajstić information content (AvgIpc) is 2.44. The first-order valence-electron chi connectivity index (χ1n) is 7.96. The van der Waals surface area contributed by atoms with E-state index >= 15 is 0 Å². The minimum absolute atomic E-state index is 0.306. The molecular formula is C18H22N2. The molecule has 0 amide bonds. The third-order valence-electron chi connectivity index (χ3n) is 6.10. The number of anilines is 1. The number of nitriles is 1. The van der Waals surface area contributed by atoms with Crippen LogP contribution in [-0.2, 0) is 0 Å². The summed E-state index contributed by atoms with van der Waals surface area (Å²) in [6.07, 6.45) is 6.48. The Hall–Kier alpha value is -1.49. The van der Waals surface area contributed by atoms with Crippen molar-refractivity contribution in [1.29, 1.82) is 5.26 Å². The van der Waals surface area contributed by atoms with Crippen LogP contribution in [0.25, 0.3) is 0 Å². The van der Waals surface area contributed by atoms with Gasteiger partial charge in [-0.05, 0) is 74.3 Å². The smallest absolute Gasteiger partial charge is 0.131 e. The van der Waals surface area contributed by atoms with Crippen LogP contribution in [0, 0.1) is 41.9 Å². The first kappa shape index (κ1) is 12.3. The Labute approximate surface area is 121 Å². The van der Waals surface area contributed by atoms with Gasteiger partial charge in [0.1, 0.15) is 5.54 Å². The molecule has 104 valence electrons. The van der Waals surface area contributed by atoms with Crippen LogP contribution in [0.2, 0.25) is 0 Å². The molecule has 0 heterocycles. The fourth-order valence-electron chi connectivity index (χ4n) is 5.28. The molecule has 0 atom stereocenters. The van der Waals surface area contributed by atoms with Crippen molar-refractivity contribution in [3.05, 3.63) is 29.8 Å². The van der Waals surface area contributed by atoms with E-state index in [1.54, 1.807) is 0 Å². The fraction of sp³-hybridized carbons (Fsp3) is 0.611. The van der Waals surface area contributed by atoms with Crippen LogP contribution in [0.5, 0.6) is 0 Å². The summed E-state index contributed by atoms with van der Waals surface area (Å²) in [5.74, 6) is 2.92.